The Kier molecular flexibility index (Phi) is 4.95. The molecule has 0 aliphatic carbocycles. The van der Waals surface area contributed by atoms with Crippen LogP contribution in [0.2, 0.25) is 5.02 Å². The van der Waals surface area contributed by atoms with E-state index in [2.05, 4.69) is 16.9 Å². The Morgan fingerprint density at radius 2 is 2.03 bits per heavy atom. The second kappa shape index (κ2) is 7.34. The second-order valence-corrected chi connectivity index (χ2v) is 7.55. The number of benzene rings is 2. The maximum absolute atomic E-state index is 15.4. The molecule has 0 fully saturated rings. The Labute approximate surface area is 175 Å². The zero-order valence-electron chi connectivity index (χ0n) is 16.0. The van der Waals surface area contributed by atoms with Crippen molar-refractivity contribution in [3.05, 3.63) is 69.9 Å². The van der Waals surface area contributed by atoms with Crippen LogP contribution in [0, 0.1) is 18.6 Å². The molecule has 30 heavy (non-hydrogen) atoms. The number of carbonyl (C=O) groups is 2. The molecule has 0 spiro atoms. The molecule has 0 saturated carbocycles. The fourth-order valence-electron chi connectivity index (χ4n) is 4.16. The molecule has 2 heterocycles. The summed E-state index contributed by atoms with van der Waals surface area (Å²) < 4.78 is 30.3. The molecular formula is C22H18ClF2N3O2. The minimum atomic E-state index is -1.34. The topological polar surface area (TPSA) is 88.0 Å². The molecule has 1 aromatic heterocycles. The first-order chi connectivity index (χ1) is 14.3. The largest absolute Gasteiger partial charge is 0.365 e. The number of nitrogens with one attached hydrogen (secondary N) is 2. The number of hydrogen-bond donors (Lipinski definition) is 3. The first-order valence-electron chi connectivity index (χ1n) is 9.28. The van der Waals surface area contributed by atoms with Crippen molar-refractivity contribution in [2.45, 2.75) is 19.4 Å². The van der Waals surface area contributed by atoms with Gasteiger partial charge in [0.1, 0.15) is 5.56 Å². The number of carbonyl (C=O) groups excluding carboxylic acids is 2. The quantitative estimate of drug-likeness (QED) is 0.545. The highest BCUT2D eigenvalue weighted by Crippen LogP contribution is 2.43. The fourth-order valence-corrected chi connectivity index (χ4v) is 4.40. The van der Waals surface area contributed by atoms with Crippen LogP contribution in [0.5, 0.6) is 0 Å². The number of amides is 1. The van der Waals surface area contributed by atoms with Crippen molar-refractivity contribution in [3.8, 4) is 11.1 Å². The van der Waals surface area contributed by atoms with Gasteiger partial charge in [-0.2, -0.15) is 0 Å². The summed E-state index contributed by atoms with van der Waals surface area (Å²) in [5.41, 5.74) is 6.95. The van der Waals surface area contributed by atoms with Crippen LogP contribution in [0.3, 0.4) is 0 Å². The fraction of sp³-hybridized carbons (Fsp3) is 0.182. The summed E-state index contributed by atoms with van der Waals surface area (Å²) in [6.45, 7) is 5.64. The first-order valence-corrected chi connectivity index (χ1v) is 9.66. The van der Waals surface area contributed by atoms with Gasteiger partial charge in [-0.3, -0.25) is 9.59 Å². The number of aromatic nitrogens is 1. The molecule has 0 unspecified atom stereocenters. The molecule has 0 saturated heterocycles. The maximum atomic E-state index is 15.4. The molecule has 2 aromatic carbocycles. The minimum Gasteiger partial charge on any atom is -0.365 e. The number of aromatic amines is 1. The third-order valence-corrected chi connectivity index (χ3v) is 5.96. The summed E-state index contributed by atoms with van der Waals surface area (Å²) in [6.07, 6.45) is 1.72. The van der Waals surface area contributed by atoms with Crippen molar-refractivity contribution in [2.24, 2.45) is 5.73 Å². The normalized spacial score (nSPS) is 15.8. The number of H-pyrrole nitrogens is 1. The van der Waals surface area contributed by atoms with Crippen molar-refractivity contribution in [1.29, 1.82) is 0 Å². The van der Waals surface area contributed by atoms with Gasteiger partial charge in [-0.25, -0.2) is 8.78 Å². The van der Waals surface area contributed by atoms with Crippen LogP contribution in [0.15, 0.2) is 30.9 Å². The number of fused-ring (bicyclic) bond motifs is 2. The number of nitrogens with two attached hydrogens (primary N) is 1. The molecule has 4 N–H and O–H groups in total. The van der Waals surface area contributed by atoms with Crippen LogP contribution < -0.4 is 11.1 Å². The average molecular weight is 430 g/mol. The van der Waals surface area contributed by atoms with Gasteiger partial charge in [-0.05, 0) is 36.1 Å². The van der Waals surface area contributed by atoms with E-state index in [-0.39, 0.29) is 27.3 Å². The van der Waals surface area contributed by atoms with Gasteiger partial charge in [0, 0.05) is 23.2 Å². The van der Waals surface area contributed by atoms with Gasteiger partial charge in [0.05, 0.1) is 16.6 Å². The molecule has 5 nitrogen and oxygen atoms in total. The van der Waals surface area contributed by atoms with E-state index in [1.165, 1.54) is 6.08 Å². The van der Waals surface area contributed by atoms with E-state index in [9.17, 15) is 14.0 Å². The van der Waals surface area contributed by atoms with Crippen molar-refractivity contribution in [3.63, 3.8) is 0 Å². The Morgan fingerprint density at radius 1 is 1.30 bits per heavy atom. The van der Waals surface area contributed by atoms with Crippen molar-refractivity contribution in [1.82, 2.24) is 10.3 Å². The number of primary amides is 1. The molecule has 1 atom stereocenters. The predicted octanol–water partition coefficient (Wildman–Crippen LogP) is 4.12. The third-order valence-electron chi connectivity index (χ3n) is 5.49. The summed E-state index contributed by atoms with van der Waals surface area (Å²) in [5, 5.41) is 3.48. The average Bonchev–Trinajstić information content (AvgIpc) is 3.01. The van der Waals surface area contributed by atoms with Gasteiger partial charge >= 0.3 is 0 Å². The van der Waals surface area contributed by atoms with E-state index in [4.69, 9.17) is 17.3 Å². The van der Waals surface area contributed by atoms with Gasteiger partial charge in [0.15, 0.2) is 17.4 Å². The molecule has 1 amide bonds. The van der Waals surface area contributed by atoms with Crippen LogP contribution in [0.25, 0.3) is 22.0 Å². The Morgan fingerprint density at radius 3 is 2.70 bits per heavy atom. The molecule has 0 radical (unpaired) electrons. The van der Waals surface area contributed by atoms with Crippen LogP contribution in [0.1, 0.15) is 33.2 Å². The number of ketones is 1. The van der Waals surface area contributed by atoms with Gasteiger partial charge in [-0.15, -0.1) is 0 Å². The standard InChI is InChI=1S/C22H18ClF2N3O2/c1-3-13(29)20-12-6-4-5-11(10(12)7-8-27-20)14-15-17(23)9(2)28-21(15)16(22(26)30)19(25)18(14)24/h3-6,20,27-28H,1,7-8H2,2H3,(H2,26,30)/t20-/m0/s1. The number of hydrogen-bond acceptors (Lipinski definition) is 3. The monoisotopic (exact) mass is 429 g/mol. The van der Waals surface area contributed by atoms with E-state index >= 15 is 4.39 Å². The third kappa shape index (κ3) is 2.85. The highest BCUT2D eigenvalue weighted by atomic mass is 35.5. The number of rotatable bonds is 4. The zero-order chi connectivity index (χ0) is 21.7. The van der Waals surface area contributed by atoms with Gasteiger partial charge in [0.2, 0.25) is 0 Å². The summed E-state index contributed by atoms with van der Waals surface area (Å²) in [4.78, 5) is 27.0. The van der Waals surface area contributed by atoms with Gasteiger partial charge in [-0.1, -0.05) is 36.4 Å². The highest BCUT2D eigenvalue weighted by molar-refractivity contribution is 6.38. The van der Waals surface area contributed by atoms with Crippen LogP contribution in [-0.2, 0) is 11.2 Å². The molecule has 3 aromatic rings. The molecule has 0 bridgehead atoms. The van der Waals surface area contributed by atoms with Crippen LogP contribution >= 0.6 is 11.6 Å². The highest BCUT2D eigenvalue weighted by Gasteiger charge is 2.31. The molecule has 1 aliphatic heterocycles. The Hall–Kier alpha value is -3.03. The van der Waals surface area contributed by atoms with Crippen molar-refractivity contribution in [2.75, 3.05) is 6.54 Å². The minimum absolute atomic E-state index is 0.0455. The lowest BCUT2D eigenvalue weighted by molar-refractivity contribution is -0.116. The zero-order valence-corrected chi connectivity index (χ0v) is 16.8. The van der Waals surface area contributed by atoms with Gasteiger partial charge in [0.25, 0.3) is 5.91 Å². The van der Waals surface area contributed by atoms with Gasteiger partial charge < -0.3 is 16.0 Å². The first kappa shape index (κ1) is 20.3. The SMILES string of the molecule is C=CC(=O)[C@H]1NCCc2c(-c3c(F)c(F)c(C(N)=O)c4[nH]c(C)c(Cl)c34)cccc21. The van der Waals surface area contributed by atoms with Crippen molar-refractivity contribution < 1.29 is 18.4 Å². The van der Waals surface area contributed by atoms with Crippen LogP contribution in [-0.4, -0.2) is 23.2 Å². The van der Waals surface area contributed by atoms with Crippen LogP contribution in [0.4, 0.5) is 8.78 Å². The smallest absolute Gasteiger partial charge is 0.253 e. The number of aryl methyl sites for hydroxylation is 1. The molecule has 154 valence electrons. The lowest BCUT2D eigenvalue weighted by atomic mass is 9.85. The van der Waals surface area contributed by atoms with E-state index in [1.54, 1.807) is 25.1 Å². The lowest BCUT2D eigenvalue weighted by Crippen LogP contribution is -2.34. The molecule has 4 rings (SSSR count). The molecule has 8 heteroatoms. The molecular weight excluding hydrogens is 412 g/mol. The summed E-state index contributed by atoms with van der Waals surface area (Å²) in [5.74, 6) is -3.87. The van der Waals surface area contributed by atoms with E-state index in [0.717, 1.165) is 0 Å². The maximum Gasteiger partial charge on any atom is 0.253 e. The lowest BCUT2D eigenvalue weighted by Gasteiger charge is -2.27. The summed E-state index contributed by atoms with van der Waals surface area (Å²) in [6, 6.07) is 4.47. The molecule has 1 aliphatic rings. The van der Waals surface area contributed by atoms with E-state index < -0.39 is 29.1 Å². The summed E-state index contributed by atoms with van der Waals surface area (Å²) >= 11 is 6.43. The number of halogens is 3. The summed E-state index contributed by atoms with van der Waals surface area (Å²) in [7, 11) is 0. The Balaban J connectivity index is 2.11. The van der Waals surface area contributed by atoms with Crippen molar-refractivity contribution >= 4 is 34.2 Å². The Bertz CT molecular complexity index is 1250. The van der Waals surface area contributed by atoms with E-state index in [0.29, 0.717) is 35.3 Å². The predicted molar refractivity (Wildman–Crippen MR) is 112 cm³/mol. The van der Waals surface area contributed by atoms with E-state index in [1.807, 2.05) is 0 Å². The second-order valence-electron chi connectivity index (χ2n) is 7.17.